The molecule has 1 aliphatic carbocycles. The van der Waals surface area contributed by atoms with Crippen LogP contribution >= 0.6 is 0 Å². The van der Waals surface area contributed by atoms with E-state index in [1.165, 1.54) is 6.07 Å². The quantitative estimate of drug-likeness (QED) is 0.540. The first-order valence-electron chi connectivity index (χ1n) is 9.59. The molecule has 1 heterocycles. The Hall–Kier alpha value is -2.66. The van der Waals surface area contributed by atoms with Gasteiger partial charge < -0.3 is 20.7 Å². The van der Waals surface area contributed by atoms with Crippen molar-refractivity contribution >= 4 is 29.1 Å². The molecule has 8 nitrogen and oxygen atoms in total. The summed E-state index contributed by atoms with van der Waals surface area (Å²) in [6.45, 7) is 0.205. The van der Waals surface area contributed by atoms with Crippen LogP contribution in [0.4, 0.5) is 24.5 Å². The van der Waals surface area contributed by atoms with E-state index in [2.05, 4.69) is 10.6 Å². The van der Waals surface area contributed by atoms with E-state index in [1.54, 1.807) is 0 Å². The van der Waals surface area contributed by atoms with Gasteiger partial charge in [-0.05, 0) is 37.1 Å². The molecule has 164 valence electrons. The van der Waals surface area contributed by atoms with Gasteiger partial charge in [-0.25, -0.2) is 0 Å². The molecular weight excluding hydrogens is 405 g/mol. The standard InChI is InChI=1S/C19H23F3N4O4/c20-19(21,22)13-9-12(3-4-14(13)26-7-8-30-10-15(26)27)25-18(29)16(17(23)28)24-6-5-11-1-2-11/h3-4,9,11,16,24H,1-2,5-8,10H2,(H2,23,28)(H,25,29)/t16-/m1/s1. The number of rotatable bonds is 8. The van der Waals surface area contributed by atoms with E-state index >= 15 is 0 Å². The molecule has 2 aliphatic rings. The molecule has 11 heteroatoms. The number of nitrogens with two attached hydrogens (primary N) is 1. The lowest BCUT2D eigenvalue weighted by molar-refractivity contribution is -0.137. The average molecular weight is 428 g/mol. The number of ether oxygens (including phenoxy) is 1. The predicted octanol–water partition coefficient (Wildman–Crippen LogP) is 1.25. The molecule has 3 amide bonds. The van der Waals surface area contributed by atoms with Crippen molar-refractivity contribution in [3.8, 4) is 0 Å². The van der Waals surface area contributed by atoms with Gasteiger partial charge in [0.15, 0.2) is 6.04 Å². The number of nitrogens with one attached hydrogen (secondary N) is 2. The Balaban J connectivity index is 1.76. The molecule has 30 heavy (non-hydrogen) atoms. The number of primary amides is 1. The maximum absolute atomic E-state index is 13.6. The summed E-state index contributed by atoms with van der Waals surface area (Å²) in [6.07, 6.45) is -1.77. The zero-order valence-corrected chi connectivity index (χ0v) is 16.1. The van der Waals surface area contributed by atoms with E-state index in [9.17, 15) is 27.6 Å². The molecule has 2 fully saturated rings. The molecule has 1 saturated heterocycles. The van der Waals surface area contributed by atoms with Crippen molar-refractivity contribution in [3.05, 3.63) is 23.8 Å². The van der Waals surface area contributed by atoms with Crippen LogP contribution in [0, 0.1) is 5.92 Å². The van der Waals surface area contributed by atoms with Crippen molar-refractivity contribution in [2.24, 2.45) is 11.7 Å². The highest BCUT2D eigenvalue weighted by Gasteiger charge is 2.37. The maximum Gasteiger partial charge on any atom is 0.418 e. The minimum Gasteiger partial charge on any atom is -0.370 e. The van der Waals surface area contributed by atoms with Gasteiger partial charge in [0, 0.05) is 12.2 Å². The molecule has 1 saturated carbocycles. The molecule has 1 aliphatic heterocycles. The highest BCUT2D eigenvalue weighted by Crippen LogP contribution is 2.38. The second-order valence-corrected chi connectivity index (χ2v) is 7.34. The number of hydrogen-bond acceptors (Lipinski definition) is 5. The van der Waals surface area contributed by atoms with Gasteiger partial charge in [-0.1, -0.05) is 12.8 Å². The fraction of sp³-hybridized carbons (Fsp3) is 0.526. The van der Waals surface area contributed by atoms with Crippen LogP contribution in [-0.4, -0.2) is 50.1 Å². The number of carbonyl (C=O) groups is 3. The van der Waals surface area contributed by atoms with Gasteiger partial charge in [-0.2, -0.15) is 13.2 Å². The summed E-state index contributed by atoms with van der Waals surface area (Å²) in [4.78, 5) is 37.0. The minimum absolute atomic E-state index is 0.0116. The normalized spacial score (nSPS) is 18.2. The third-order valence-corrected chi connectivity index (χ3v) is 4.99. The van der Waals surface area contributed by atoms with Crippen LogP contribution in [0.2, 0.25) is 0 Å². The lowest BCUT2D eigenvalue weighted by Gasteiger charge is -2.29. The van der Waals surface area contributed by atoms with Crippen molar-refractivity contribution in [3.63, 3.8) is 0 Å². The van der Waals surface area contributed by atoms with Crippen LogP contribution in [0.1, 0.15) is 24.8 Å². The predicted molar refractivity (Wildman–Crippen MR) is 102 cm³/mol. The molecule has 1 aromatic carbocycles. The Bertz CT molecular complexity index is 826. The highest BCUT2D eigenvalue weighted by molar-refractivity contribution is 6.09. The van der Waals surface area contributed by atoms with Crippen LogP contribution in [0.5, 0.6) is 0 Å². The van der Waals surface area contributed by atoms with Gasteiger partial charge in [-0.3, -0.25) is 19.7 Å². The molecule has 1 atom stereocenters. The monoisotopic (exact) mass is 428 g/mol. The van der Waals surface area contributed by atoms with E-state index in [0.717, 1.165) is 36.3 Å². The third kappa shape index (κ3) is 5.48. The molecule has 0 spiro atoms. The number of halogens is 3. The topological polar surface area (TPSA) is 114 Å². The van der Waals surface area contributed by atoms with Crippen LogP contribution in [-0.2, 0) is 25.3 Å². The van der Waals surface area contributed by atoms with Gasteiger partial charge in [0.05, 0.1) is 17.9 Å². The van der Waals surface area contributed by atoms with E-state index < -0.39 is 35.5 Å². The average Bonchev–Trinajstić information content (AvgIpc) is 3.49. The number of morpholine rings is 1. The molecule has 0 unspecified atom stereocenters. The number of alkyl halides is 3. The van der Waals surface area contributed by atoms with Crippen LogP contribution < -0.4 is 21.3 Å². The number of amides is 3. The largest absolute Gasteiger partial charge is 0.418 e. The van der Waals surface area contributed by atoms with E-state index in [4.69, 9.17) is 10.5 Å². The Morgan fingerprint density at radius 2 is 2.03 bits per heavy atom. The van der Waals surface area contributed by atoms with Crippen LogP contribution in [0.3, 0.4) is 0 Å². The zero-order valence-electron chi connectivity index (χ0n) is 16.1. The molecular formula is C19H23F3N4O4. The van der Waals surface area contributed by atoms with E-state index in [0.29, 0.717) is 12.5 Å². The number of hydrogen-bond donors (Lipinski definition) is 3. The second-order valence-electron chi connectivity index (χ2n) is 7.34. The fourth-order valence-electron chi connectivity index (χ4n) is 3.22. The van der Waals surface area contributed by atoms with Gasteiger partial charge >= 0.3 is 6.18 Å². The summed E-state index contributed by atoms with van der Waals surface area (Å²) >= 11 is 0. The summed E-state index contributed by atoms with van der Waals surface area (Å²) in [6, 6.07) is 1.73. The van der Waals surface area contributed by atoms with Gasteiger partial charge in [-0.15, -0.1) is 0 Å². The third-order valence-electron chi connectivity index (χ3n) is 4.99. The Labute approximate surface area is 170 Å². The van der Waals surface area contributed by atoms with Crippen molar-refractivity contribution in [1.82, 2.24) is 5.32 Å². The van der Waals surface area contributed by atoms with Gasteiger partial charge in [0.2, 0.25) is 5.91 Å². The number of carbonyl (C=O) groups excluding carboxylic acids is 3. The maximum atomic E-state index is 13.6. The van der Waals surface area contributed by atoms with Crippen LogP contribution in [0.15, 0.2) is 18.2 Å². The van der Waals surface area contributed by atoms with Gasteiger partial charge in [0.1, 0.15) is 6.61 Å². The molecule has 0 radical (unpaired) electrons. The first kappa shape index (κ1) is 22.0. The van der Waals surface area contributed by atoms with E-state index in [1.807, 2.05) is 0 Å². The molecule has 4 N–H and O–H groups in total. The fourth-order valence-corrected chi connectivity index (χ4v) is 3.22. The summed E-state index contributed by atoms with van der Waals surface area (Å²) < 4.78 is 45.8. The Morgan fingerprint density at radius 3 is 2.63 bits per heavy atom. The van der Waals surface area contributed by atoms with Crippen LogP contribution in [0.25, 0.3) is 0 Å². The molecule has 3 rings (SSSR count). The second kappa shape index (κ2) is 9.00. The first-order valence-corrected chi connectivity index (χ1v) is 9.59. The number of anilines is 2. The van der Waals surface area contributed by atoms with Crippen molar-refractivity contribution in [2.45, 2.75) is 31.5 Å². The van der Waals surface area contributed by atoms with E-state index in [-0.39, 0.29) is 31.1 Å². The van der Waals surface area contributed by atoms with Crippen molar-refractivity contribution in [1.29, 1.82) is 0 Å². The zero-order chi connectivity index (χ0) is 21.9. The highest BCUT2D eigenvalue weighted by atomic mass is 19.4. The summed E-state index contributed by atoms with van der Waals surface area (Å²) in [5.41, 5.74) is 3.71. The summed E-state index contributed by atoms with van der Waals surface area (Å²) in [5.74, 6) is -1.78. The lowest BCUT2D eigenvalue weighted by Crippen LogP contribution is -2.50. The molecule has 0 aromatic heterocycles. The SMILES string of the molecule is NC(=O)[C@@H](NCCC1CC1)C(=O)Nc1ccc(N2CCOCC2=O)c(C(F)(F)F)c1. The molecule has 1 aromatic rings. The Morgan fingerprint density at radius 1 is 1.30 bits per heavy atom. The smallest absolute Gasteiger partial charge is 0.370 e. The molecule has 0 bridgehead atoms. The first-order chi connectivity index (χ1) is 14.2. The van der Waals surface area contributed by atoms with Crippen molar-refractivity contribution < 1.29 is 32.3 Å². The minimum atomic E-state index is -4.76. The Kier molecular flexibility index (Phi) is 6.61. The lowest BCUT2D eigenvalue weighted by atomic mass is 10.1. The number of benzene rings is 1. The van der Waals surface area contributed by atoms with Gasteiger partial charge in [0.25, 0.3) is 11.8 Å². The summed E-state index contributed by atoms with van der Waals surface area (Å²) in [5, 5.41) is 5.05. The number of nitrogens with zero attached hydrogens (tertiary/aromatic N) is 1. The van der Waals surface area contributed by atoms with Crippen molar-refractivity contribution in [2.75, 3.05) is 36.5 Å². The summed E-state index contributed by atoms with van der Waals surface area (Å²) in [7, 11) is 0.